The fourth-order valence-electron chi connectivity index (χ4n) is 3.24. The van der Waals surface area contributed by atoms with E-state index in [4.69, 9.17) is 9.84 Å². The summed E-state index contributed by atoms with van der Waals surface area (Å²) in [6.07, 6.45) is 1.54. The monoisotopic (exact) mass is 284 g/mol. The van der Waals surface area contributed by atoms with E-state index in [0.717, 1.165) is 13.0 Å². The first kappa shape index (κ1) is 15.1. The normalized spacial score (nSPS) is 34.4. The lowest BCUT2D eigenvalue weighted by molar-refractivity contribution is -0.142. The zero-order valence-corrected chi connectivity index (χ0v) is 12.4. The van der Waals surface area contributed by atoms with E-state index in [1.807, 2.05) is 6.92 Å². The number of nitrogens with zero attached hydrogens (tertiary/aromatic N) is 2. The molecule has 0 aromatic heterocycles. The smallest absolute Gasteiger partial charge is 0.320 e. The van der Waals surface area contributed by atoms with Gasteiger partial charge in [0.2, 0.25) is 0 Å². The molecule has 4 unspecified atom stereocenters. The molecule has 2 rings (SSSR count). The summed E-state index contributed by atoms with van der Waals surface area (Å²) < 4.78 is 5.43. The van der Waals surface area contributed by atoms with Gasteiger partial charge in [-0.3, -0.25) is 4.79 Å². The van der Waals surface area contributed by atoms with E-state index in [9.17, 15) is 9.59 Å². The Labute approximate surface area is 119 Å². The number of hydrogen-bond donors (Lipinski definition) is 1. The summed E-state index contributed by atoms with van der Waals surface area (Å²) >= 11 is 0. The van der Waals surface area contributed by atoms with Crippen LogP contribution in [0.15, 0.2) is 0 Å². The first-order valence-electron chi connectivity index (χ1n) is 7.26. The van der Waals surface area contributed by atoms with Gasteiger partial charge in [0.25, 0.3) is 0 Å². The lowest BCUT2D eigenvalue weighted by Gasteiger charge is -2.39. The van der Waals surface area contributed by atoms with Crippen molar-refractivity contribution in [2.75, 3.05) is 26.7 Å². The van der Waals surface area contributed by atoms with Crippen LogP contribution in [-0.2, 0) is 9.53 Å². The lowest BCUT2D eigenvalue weighted by atomic mass is 9.96. The predicted octanol–water partition coefficient (Wildman–Crippen LogP) is 1.26. The standard InChI is InChI=1S/C14H24N2O4/c1-9-4-6-15(8-12(9)20-3)14(19)16-7-5-11(10(16)2)13(17)18/h9-12H,4-8H2,1-3H3,(H,17,18). The number of piperidine rings is 1. The summed E-state index contributed by atoms with van der Waals surface area (Å²) in [5, 5.41) is 9.14. The molecule has 4 atom stereocenters. The molecule has 2 aliphatic rings. The van der Waals surface area contributed by atoms with Gasteiger partial charge in [0.15, 0.2) is 0 Å². The highest BCUT2D eigenvalue weighted by molar-refractivity contribution is 5.78. The number of carbonyl (C=O) groups is 2. The number of carboxylic acid groups (broad SMARTS) is 1. The first-order valence-corrected chi connectivity index (χ1v) is 7.26. The van der Waals surface area contributed by atoms with E-state index < -0.39 is 11.9 Å². The molecule has 2 heterocycles. The molecule has 20 heavy (non-hydrogen) atoms. The Morgan fingerprint density at radius 1 is 1.20 bits per heavy atom. The van der Waals surface area contributed by atoms with E-state index in [0.29, 0.717) is 25.4 Å². The zero-order chi connectivity index (χ0) is 14.9. The second kappa shape index (κ2) is 5.99. The summed E-state index contributed by atoms with van der Waals surface area (Å²) in [7, 11) is 1.67. The first-order chi connectivity index (χ1) is 9.45. The highest BCUT2D eigenvalue weighted by atomic mass is 16.5. The van der Waals surface area contributed by atoms with E-state index in [1.54, 1.807) is 16.9 Å². The van der Waals surface area contributed by atoms with Gasteiger partial charge in [0.1, 0.15) is 0 Å². The largest absolute Gasteiger partial charge is 0.481 e. The SMILES string of the molecule is COC1CN(C(=O)N2CCC(C(=O)O)C2C)CCC1C. The molecule has 6 nitrogen and oxygen atoms in total. The van der Waals surface area contributed by atoms with Crippen LogP contribution >= 0.6 is 0 Å². The van der Waals surface area contributed by atoms with Crippen molar-refractivity contribution in [3.63, 3.8) is 0 Å². The molecule has 2 amide bonds. The molecule has 0 saturated carbocycles. The number of methoxy groups -OCH3 is 1. The minimum Gasteiger partial charge on any atom is -0.481 e. The third-order valence-corrected chi connectivity index (χ3v) is 4.78. The number of ether oxygens (including phenoxy) is 1. The summed E-state index contributed by atoms with van der Waals surface area (Å²) in [6, 6.07) is -0.282. The second-order valence-electron chi connectivity index (χ2n) is 5.94. The Morgan fingerprint density at radius 3 is 2.45 bits per heavy atom. The molecule has 0 aromatic carbocycles. The van der Waals surface area contributed by atoms with Gasteiger partial charge in [-0.15, -0.1) is 0 Å². The van der Waals surface area contributed by atoms with Crippen molar-refractivity contribution >= 4 is 12.0 Å². The average molecular weight is 284 g/mol. The summed E-state index contributed by atoms with van der Waals surface area (Å²) in [6.45, 7) is 5.80. The van der Waals surface area contributed by atoms with Crippen molar-refractivity contribution in [3.05, 3.63) is 0 Å². The second-order valence-corrected chi connectivity index (χ2v) is 5.94. The fourth-order valence-corrected chi connectivity index (χ4v) is 3.24. The Morgan fingerprint density at radius 2 is 1.90 bits per heavy atom. The van der Waals surface area contributed by atoms with Gasteiger partial charge in [-0.1, -0.05) is 6.92 Å². The minimum atomic E-state index is -0.810. The molecule has 0 spiro atoms. The van der Waals surface area contributed by atoms with Gasteiger partial charge in [0, 0.05) is 32.8 Å². The van der Waals surface area contributed by atoms with Crippen LogP contribution in [0.3, 0.4) is 0 Å². The van der Waals surface area contributed by atoms with Crippen LogP contribution in [0.25, 0.3) is 0 Å². The van der Waals surface area contributed by atoms with E-state index in [-0.39, 0.29) is 18.2 Å². The molecule has 6 heteroatoms. The van der Waals surface area contributed by atoms with Gasteiger partial charge in [-0.2, -0.15) is 0 Å². The van der Waals surface area contributed by atoms with Crippen molar-refractivity contribution in [1.29, 1.82) is 0 Å². The van der Waals surface area contributed by atoms with E-state index >= 15 is 0 Å². The number of urea groups is 1. The van der Waals surface area contributed by atoms with Crippen molar-refractivity contribution in [2.45, 2.75) is 38.8 Å². The molecular formula is C14H24N2O4. The van der Waals surface area contributed by atoms with Crippen molar-refractivity contribution < 1.29 is 19.4 Å². The molecule has 2 aliphatic heterocycles. The molecule has 0 aliphatic carbocycles. The molecule has 0 bridgehead atoms. The predicted molar refractivity (Wildman–Crippen MR) is 73.5 cm³/mol. The quantitative estimate of drug-likeness (QED) is 0.828. The molecule has 2 saturated heterocycles. The molecular weight excluding hydrogens is 260 g/mol. The van der Waals surface area contributed by atoms with Crippen LogP contribution in [0.2, 0.25) is 0 Å². The number of hydrogen-bond acceptors (Lipinski definition) is 3. The summed E-state index contributed by atoms with van der Waals surface area (Å²) in [5.74, 6) is -0.803. The molecule has 0 radical (unpaired) electrons. The number of amides is 2. The Balaban J connectivity index is 2.00. The summed E-state index contributed by atoms with van der Waals surface area (Å²) in [5.41, 5.74) is 0. The van der Waals surface area contributed by atoms with Gasteiger partial charge in [-0.25, -0.2) is 4.79 Å². The summed E-state index contributed by atoms with van der Waals surface area (Å²) in [4.78, 5) is 27.2. The van der Waals surface area contributed by atoms with Crippen LogP contribution in [0.5, 0.6) is 0 Å². The maximum atomic E-state index is 12.6. The third-order valence-electron chi connectivity index (χ3n) is 4.78. The van der Waals surface area contributed by atoms with Gasteiger partial charge in [-0.05, 0) is 25.7 Å². The Bertz CT molecular complexity index is 387. The third kappa shape index (κ3) is 2.75. The van der Waals surface area contributed by atoms with Gasteiger partial charge >= 0.3 is 12.0 Å². The van der Waals surface area contributed by atoms with Gasteiger partial charge in [0.05, 0.1) is 12.0 Å². The van der Waals surface area contributed by atoms with E-state index in [2.05, 4.69) is 6.92 Å². The Hall–Kier alpha value is -1.30. The molecule has 1 N–H and O–H groups in total. The van der Waals surface area contributed by atoms with Crippen LogP contribution in [0, 0.1) is 11.8 Å². The van der Waals surface area contributed by atoms with Crippen LogP contribution in [0.4, 0.5) is 4.79 Å². The number of carboxylic acids is 1. The average Bonchev–Trinajstić information content (AvgIpc) is 2.80. The van der Waals surface area contributed by atoms with Crippen LogP contribution in [0.1, 0.15) is 26.7 Å². The lowest BCUT2D eigenvalue weighted by Crippen LogP contribution is -2.52. The highest BCUT2D eigenvalue weighted by Crippen LogP contribution is 2.27. The van der Waals surface area contributed by atoms with Crippen molar-refractivity contribution in [3.8, 4) is 0 Å². The molecule has 114 valence electrons. The highest BCUT2D eigenvalue weighted by Gasteiger charge is 2.41. The zero-order valence-electron chi connectivity index (χ0n) is 12.4. The van der Waals surface area contributed by atoms with Crippen molar-refractivity contribution in [2.24, 2.45) is 11.8 Å². The fraction of sp³-hybridized carbons (Fsp3) is 0.857. The maximum Gasteiger partial charge on any atom is 0.320 e. The maximum absolute atomic E-state index is 12.6. The van der Waals surface area contributed by atoms with E-state index in [1.165, 1.54) is 0 Å². The van der Waals surface area contributed by atoms with Crippen molar-refractivity contribution in [1.82, 2.24) is 9.80 Å². The van der Waals surface area contributed by atoms with Crippen LogP contribution < -0.4 is 0 Å². The topological polar surface area (TPSA) is 70.1 Å². The Kier molecular flexibility index (Phi) is 4.52. The number of likely N-dealkylation sites (tertiary alicyclic amines) is 2. The molecule has 0 aromatic rings. The van der Waals surface area contributed by atoms with Gasteiger partial charge < -0.3 is 19.6 Å². The van der Waals surface area contributed by atoms with Crippen LogP contribution in [-0.4, -0.2) is 65.8 Å². The number of carbonyl (C=O) groups excluding carboxylic acids is 1. The number of aliphatic carboxylic acids is 1. The number of rotatable bonds is 2. The molecule has 2 fully saturated rings. The minimum absolute atomic E-state index is 0.0461.